The van der Waals surface area contributed by atoms with Crippen LogP contribution >= 0.6 is 0 Å². The van der Waals surface area contributed by atoms with E-state index in [1.807, 2.05) is 0 Å². The van der Waals surface area contributed by atoms with E-state index >= 15 is 0 Å². The Kier molecular flexibility index (Phi) is 26.9. The average Bonchev–Trinajstić information content (AvgIpc) is 3.05. The highest BCUT2D eigenvalue weighted by atomic mass is 16.5. The Labute approximate surface area is 278 Å². The molecule has 0 saturated heterocycles. The highest BCUT2D eigenvalue weighted by Crippen LogP contribution is 2.21. The number of carbonyl (C=O) groups is 2. The highest BCUT2D eigenvalue weighted by Gasteiger charge is 2.18. The molecule has 0 aliphatic heterocycles. The molecule has 0 bridgehead atoms. The number of ether oxygens (including phenoxy) is 2. The van der Waals surface area contributed by atoms with E-state index in [4.69, 9.17) is 9.47 Å². The maximum atomic E-state index is 12.9. The molecule has 0 N–H and O–H groups in total. The van der Waals surface area contributed by atoms with Crippen LogP contribution in [0.4, 0.5) is 0 Å². The molecular formula is C40H71NO4. The Morgan fingerprint density at radius 1 is 0.533 bits per heavy atom. The van der Waals surface area contributed by atoms with Gasteiger partial charge in [-0.05, 0) is 43.2 Å². The lowest BCUT2D eigenvalue weighted by Gasteiger charge is -2.17. The Hall–Kier alpha value is -1.91. The zero-order chi connectivity index (χ0) is 32.8. The van der Waals surface area contributed by atoms with Gasteiger partial charge in [-0.15, -0.1) is 0 Å². The van der Waals surface area contributed by atoms with Gasteiger partial charge in [0.05, 0.1) is 13.2 Å². The molecule has 260 valence electrons. The van der Waals surface area contributed by atoms with Gasteiger partial charge in [0.25, 0.3) is 0 Å². The summed E-state index contributed by atoms with van der Waals surface area (Å²) in [6, 6.07) is 4.94. The molecule has 0 amide bonds. The van der Waals surface area contributed by atoms with Crippen molar-refractivity contribution in [3.8, 4) is 0 Å². The van der Waals surface area contributed by atoms with Crippen molar-refractivity contribution in [2.24, 2.45) is 11.8 Å². The van der Waals surface area contributed by atoms with Crippen LogP contribution in [-0.2, 0) is 9.47 Å². The fourth-order valence-corrected chi connectivity index (χ4v) is 6.02. The second-order valence-corrected chi connectivity index (χ2v) is 13.7. The molecule has 2 atom stereocenters. The van der Waals surface area contributed by atoms with E-state index in [9.17, 15) is 9.59 Å². The number of aromatic nitrogens is 1. The molecule has 1 aromatic rings. The maximum absolute atomic E-state index is 12.9. The number of unbranched alkanes of at least 4 members (excludes halogenated alkanes) is 19. The smallest absolute Gasteiger partial charge is 0.356 e. The fourth-order valence-electron chi connectivity index (χ4n) is 6.02. The minimum Gasteiger partial charge on any atom is -0.461 e. The van der Waals surface area contributed by atoms with Crippen LogP contribution in [0.5, 0.6) is 0 Å². The van der Waals surface area contributed by atoms with Crippen molar-refractivity contribution in [2.75, 3.05) is 13.2 Å². The van der Waals surface area contributed by atoms with Gasteiger partial charge in [-0.25, -0.2) is 14.6 Å². The second-order valence-electron chi connectivity index (χ2n) is 13.7. The molecule has 0 aliphatic rings. The molecule has 1 aromatic heterocycles. The summed E-state index contributed by atoms with van der Waals surface area (Å²) in [5, 5.41) is 0. The number of esters is 2. The van der Waals surface area contributed by atoms with E-state index in [0.29, 0.717) is 25.0 Å². The third-order valence-electron chi connectivity index (χ3n) is 9.10. The lowest BCUT2D eigenvalue weighted by atomic mass is 9.94. The zero-order valence-electron chi connectivity index (χ0n) is 30.1. The van der Waals surface area contributed by atoms with E-state index in [2.05, 4.69) is 32.7 Å². The molecule has 0 radical (unpaired) electrons. The van der Waals surface area contributed by atoms with Crippen molar-refractivity contribution in [1.82, 2.24) is 4.98 Å². The van der Waals surface area contributed by atoms with Crippen molar-refractivity contribution >= 4 is 11.9 Å². The Bertz CT molecular complexity index is 841. The SMILES string of the molecule is CCCCCCCCCCC(C)COC(=O)c1cccc(C(=O)OCC(CCCCCCCC)CCCCCCCCCC)n1. The minimum absolute atomic E-state index is 0.172. The molecule has 0 fully saturated rings. The summed E-state index contributed by atoms with van der Waals surface area (Å²) in [7, 11) is 0. The maximum Gasteiger partial charge on any atom is 0.356 e. The van der Waals surface area contributed by atoms with Gasteiger partial charge in [-0.3, -0.25) is 0 Å². The number of hydrogen-bond donors (Lipinski definition) is 0. The predicted octanol–water partition coefficient (Wildman–Crippen LogP) is 12.5. The first-order valence-corrected chi connectivity index (χ1v) is 19.3. The monoisotopic (exact) mass is 630 g/mol. The summed E-state index contributed by atoms with van der Waals surface area (Å²) in [5.74, 6) is -0.220. The first-order valence-electron chi connectivity index (χ1n) is 19.3. The van der Waals surface area contributed by atoms with Crippen LogP contribution in [0.15, 0.2) is 18.2 Å². The van der Waals surface area contributed by atoms with Gasteiger partial charge in [0.15, 0.2) is 0 Å². The first kappa shape index (κ1) is 41.1. The quantitative estimate of drug-likeness (QED) is 0.0604. The number of rotatable bonds is 31. The largest absolute Gasteiger partial charge is 0.461 e. The molecule has 0 aromatic carbocycles. The van der Waals surface area contributed by atoms with Crippen LogP contribution in [0.3, 0.4) is 0 Å². The molecule has 0 saturated carbocycles. The predicted molar refractivity (Wildman–Crippen MR) is 190 cm³/mol. The van der Waals surface area contributed by atoms with E-state index in [0.717, 1.165) is 19.3 Å². The standard InChI is InChI=1S/C40H71NO4/c1-5-8-11-14-17-19-21-24-28-35(4)33-44-39(42)37-31-27-32-38(41-37)40(43)45-34-36(29-25-22-16-13-10-7-3)30-26-23-20-18-15-12-9-6-2/h27,31-32,35-36H,5-26,28-30,33-34H2,1-4H3. The topological polar surface area (TPSA) is 65.5 Å². The van der Waals surface area contributed by atoms with Crippen LogP contribution in [-0.4, -0.2) is 30.1 Å². The number of nitrogens with zero attached hydrogens (tertiary/aromatic N) is 1. The molecular weight excluding hydrogens is 558 g/mol. The summed E-state index contributed by atoms with van der Waals surface area (Å²) in [6.45, 7) is 9.70. The van der Waals surface area contributed by atoms with Gasteiger partial charge in [-0.1, -0.05) is 175 Å². The highest BCUT2D eigenvalue weighted by molar-refractivity contribution is 5.91. The van der Waals surface area contributed by atoms with Crippen LogP contribution in [0.1, 0.15) is 209 Å². The third-order valence-corrected chi connectivity index (χ3v) is 9.10. The number of carbonyl (C=O) groups excluding carboxylic acids is 2. The average molecular weight is 630 g/mol. The number of hydrogen-bond acceptors (Lipinski definition) is 5. The molecule has 0 aliphatic carbocycles. The Morgan fingerprint density at radius 3 is 1.31 bits per heavy atom. The van der Waals surface area contributed by atoms with Crippen molar-refractivity contribution in [2.45, 2.75) is 188 Å². The lowest BCUT2D eigenvalue weighted by molar-refractivity contribution is 0.0411. The van der Waals surface area contributed by atoms with Crippen LogP contribution in [0, 0.1) is 11.8 Å². The van der Waals surface area contributed by atoms with Gasteiger partial charge < -0.3 is 9.47 Å². The normalized spacial score (nSPS) is 12.6. The van der Waals surface area contributed by atoms with Crippen molar-refractivity contribution in [3.05, 3.63) is 29.6 Å². The van der Waals surface area contributed by atoms with Crippen molar-refractivity contribution in [3.63, 3.8) is 0 Å². The van der Waals surface area contributed by atoms with Crippen LogP contribution < -0.4 is 0 Å². The Balaban J connectivity index is 2.45. The first-order chi connectivity index (χ1) is 22.0. The third kappa shape index (κ3) is 23.1. The summed E-state index contributed by atoms with van der Waals surface area (Å²) in [4.78, 5) is 30.0. The van der Waals surface area contributed by atoms with Gasteiger partial charge in [0, 0.05) is 0 Å². The van der Waals surface area contributed by atoms with E-state index in [-0.39, 0.29) is 11.4 Å². The number of pyridine rings is 1. The second kappa shape index (κ2) is 29.5. The zero-order valence-corrected chi connectivity index (χ0v) is 30.1. The van der Waals surface area contributed by atoms with Crippen LogP contribution in [0.2, 0.25) is 0 Å². The van der Waals surface area contributed by atoms with Crippen molar-refractivity contribution < 1.29 is 19.1 Å². The van der Waals surface area contributed by atoms with Gasteiger partial charge >= 0.3 is 11.9 Å². The van der Waals surface area contributed by atoms with Gasteiger partial charge in [-0.2, -0.15) is 0 Å². The molecule has 1 heterocycles. The van der Waals surface area contributed by atoms with E-state index < -0.39 is 11.9 Å². The fraction of sp³-hybridized carbons (Fsp3) is 0.825. The molecule has 0 spiro atoms. The summed E-state index contributed by atoms with van der Waals surface area (Å²) < 4.78 is 11.3. The molecule has 2 unspecified atom stereocenters. The van der Waals surface area contributed by atoms with Crippen molar-refractivity contribution in [1.29, 1.82) is 0 Å². The molecule has 1 rings (SSSR count). The van der Waals surface area contributed by atoms with E-state index in [1.54, 1.807) is 18.2 Å². The van der Waals surface area contributed by atoms with Gasteiger partial charge in [0.1, 0.15) is 11.4 Å². The molecule has 5 heteroatoms. The lowest BCUT2D eigenvalue weighted by Crippen LogP contribution is -2.18. The van der Waals surface area contributed by atoms with Crippen LogP contribution in [0.25, 0.3) is 0 Å². The summed E-state index contributed by atoms with van der Waals surface area (Å²) >= 11 is 0. The summed E-state index contributed by atoms with van der Waals surface area (Å²) in [6.07, 6.45) is 31.7. The summed E-state index contributed by atoms with van der Waals surface area (Å²) in [5.41, 5.74) is 0.355. The molecule has 45 heavy (non-hydrogen) atoms. The van der Waals surface area contributed by atoms with E-state index in [1.165, 1.54) is 141 Å². The molecule has 5 nitrogen and oxygen atoms in total. The Morgan fingerprint density at radius 2 is 0.889 bits per heavy atom. The van der Waals surface area contributed by atoms with Gasteiger partial charge in [0.2, 0.25) is 0 Å². The minimum atomic E-state index is -0.469.